The molecule has 0 aliphatic carbocycles. The SMILES string of the molecule is O=C(CCc1cn(C(c2ccccc2)(c2ccccc2)c2ccccc2)cn1)On1c(O)ccc1O. The minimum absolute atomic E-state index is 0.0169. The second-order valence-corrected chi connectivity index (χ2v) is 8.39. The first-order valence-electron chi connectivity index (χ1n) is 11.6. The van der Waals surface area contributed by atoms with Crippen LogP contribution >= 0.6 is 0 Å². The number of rotatable bonds is 8. The van der Waals surface area contributed by atoms with Crippen LogP contribution in [0, 0.1) is 0 Å². The van der Waals surface area contributed by atoms with Crippen LogP contribution in [0.2, 0.25) is 0 Å². The van der Waals surface area contributed by atoms with Crippen molar-refractivity contribution in [3.8, 4) is 11.8 Å². The number of nitrogens with zero attached hydrogens (tertiary/aromatic N) is 3. The molecule has 5 aromatic rings. The van der Waals surface area contributed by atoms with Gasteiger partial charge in [-0.05, 0) is 16.7 Å². The molecule has 5 rings (SSSR count). The third-order valence-electron chi connectivity index (χ3n) is 6.17. The Balaban J connectivity index is 1.51. The highest BCUT2D eigenvalue weighted by Crippen LogP contribution is 2.40. The van der Waals surface area contributed by atoms with Gasteiger partial charge in [-0.25, -0.2) is 9.78 Å². The summed E-state index contributed by atoms with van der Waals surface area (Å²) in [5, 5.41) is 19.4. The standard InChI is InChI=1S/C29H25N3O4/c33-26-17-18-27(34)32(26)36-28(35)19-16-25-20-31(21-30-25)29(22-10-4-1-5-11-22,23-12-6-2-7-13-23)24-14-8-3-9-15-24/h1-15,17-18,20-21,33-34H,16,19H2. The van der Waals surface area contributed by atoms with Gasteiger partial charge in [-0.3, -0.25) is 0 Å². The van der Waals surface area contributed by atoms with Crippen LogP contribution < -0.4 is 4.84 Å². The second kappa shape index (κ2) is 9.84. The summed E-state index contributed by atoms with van der Waals surface area (Å²) in [5.41, 5.74) is 3.25. The Morgan fingerprint density at radius 3 is 1.69 bits per heavy atom. The monoisotopic (exact) mass is 479 g/mol. The topological polar surface area (TPSA) is 89.5 Å². The third kappa shape index (κ3) is 4.22. The van der Waals surface area contributed by atoms with Crippen molar-refractivity contribution in [2.45, 2.75) is 18.4 Å². The van der Waals surface area contributed by atoms with Gasteiger partial charge in [-0.15, -0.1) is 4.73 Å². The van der Waals surface area contributed by atoms with Crippen molar-refractivity contribution in [2.24, 2.45) is 0 Å². The first-order valence-corrected chi connectivity index (χ1v) is 11.6. The minimum atomic E-state index is -0.682. The summed E-state index contributed by atoms with van der Waals surface area (Å²) in [4.78, 5) is 22.0. The number of aryl methyl sites for hydroxylation is 1. The van der Waals surface area contributed by atoms with Gasteiger partial charge in [-0.1, -0.05) is 91.0 Å². The van der Waals surface area contributed by atoms with E-state index in [1.807, 2.05) is 60.8 Å². The maximum atomic E-state index is 12.4. The fourth-order valence-corrected chi connectivity index (χ4v) is 4.53. The number of carbonyl (C=O) groups is 1. The smallest absolute Gasteiger partial charge is 0.333 e. The van der Waals surface area contributed by atoms with Gasteiger partial charge in [-0.2, -0.15) is 0 Å². The highest BCUT2D eigenvalue weighted by Gasteiger charge is 2.38. The maximum absolute atomic E-state index is 12.4. The van der Waals surface area contributed by atoms with Crippen LogP contribution in [0.4, 0.5) is 0 Å². The van der Waals surface area contributed by atoms with Gasteiger partial charge in [0.15, 0.2) is 0 Å². The predicted octanol–water partition coefficient (Wildman–Crippen LogP) is 4.52. The molecule has 0 fully saturated rings. The lowest BCUT2D eigenvalue weighted by Crippen LogP contribution is -2.36. The number of carbonyl (C=O) groups excluding carboxylic acids is 1. The van der Waals surface area contributed by atoms with Gasteiger partial charge in [0.2, 0.25) is 11.8 Å². The number of imidazole rings is 1. The van der Waals surface area contributed by atoms with E-state index in [4.69, 9.17) is 4.84 Å². The molecular formula is C29H25N3O4. The molecule has 0 unspecified atom stereocenters. The summed E-state index contributed by atoms with van der Waals surface area (Å²) in [6.45, 7) is 0. The molecule has 0 aliphatic rings. The quantitative estimate of drug-likeness (QED) is 0.319. The van der Waals surface area contributed by atoms with E-state index >= 15 is 0 Å². The molecule has 2 N–H and O–H groups in total. The molecule has 2 aromatic heterocycles. The van der Waals surface area contributed by atoms with Gasteiger partial charge >= 0.3 is 5.97 Å². The summed E-state index contributed by atoms with van der Waals surface area (Å²) in [7, 11) is 0. The average Bonchev–Trinajstić information content (AvgIpc) is 3.52. The van der Waals surface area contributed by atoms with E-state index in [2.05, 4.69) is 45.9 Å². The molecule has 180 valence electrons. The van der Waals surface area contributed by atoms with Crippen molar-refractivity contribution in [1.82, 2.24) is 14.3 Å². The Bertz CT molecular complexity index is 1330. The molecule has 3 aromatic carbocycles. The molecule has 0 saturated heterocycles. The van der Waals surface area contributed by atoms with Crippen molar-refractivity contribution >= 4 is 5.97 Å². The molecule has 0 aliphatic heterocycles. The Hall–Kier alpha value is -4.78. The van der Waals surface area contributed by atoms with Crippen LogP contribution in [0.1, 0.15) is 28.8 Å². The molecule has 0 spiro atoms. The number of aromatic hydroxyl groups is 2. The Morgan fingerprint density at radius 1 is 0.750 bits per heavy atom. The summed E-state index contributed by atoms with van der Waals surface area (Å²) in [6.07, 6.45) is 4.08. The summed E-state index contributed by atoms with van der Waals surface area (Å²) in [6, 6.07) is 33.2. The number of hydrogen-bond acceptors (Lipinski definition) is 5. The molecule has 0 radical (unpaired) electrons. The molecule has 36 heavy (non-hydrogen) atoms. The number of hydrogen-bond donors (Lipinski definition) is 2. The van der Waals surface area contributed by atoms with Crippen LogP contribution in [0.5, 0.6) is 11.8 Å². The molecule has 0 atom stereocenters. The van der Waals surface area contributed by atoms with Gasteiger partial charge in [0.25, 0.3) is 0 Å². The normalized spacial score (nSPS) is 11.3. The minimum Gasteiger partial charge on any atom is -0.492 e. The van der Waals surface area contributed by atoms with E-state index in [-0.39, 0.29) is 18.2 Å². The maximum Gasteiger partial charge on any atom is 0.333 e. The number of benzene rings is 3. The van der Waals surface area contributed by atoms with Crippen LogP contribution in [0.3, 0.4) is 0 Å². The lowest BCUT2D eigenvalue weighted by molar-refractivity contribution is -0.145. The van der Waals surface area contributed by atoms with E-state index < -0.39 is 11.5 Å². The summed E-state index contributed by atoms with van der Waals surface area (Å²) < 4.78 is 2.77. The van der Waals surface area contributed by atoms with Crippen LogP contribution in [-0.4, -0.2) is 30.5 Å². The van der Waals surface area contributed by atoms with Crippen LogP contribution in [0.25, 0.3) is 0 Å². The van der Waals surface area contributed by atoms with Crippen LogP contribution in [0.15, 0.2) is 116 Å². The lowest BCUT2D eigenvalue weighted by atomic mass is 9.77. The van der Waals surface area contributed by atoms with Gasteiger partial charge in [0.05, 0.1) is 18.4 Å². The van der Waals surface area contributed by atoms with Gasteiger partial charge in [0.1, 0.15) is 5.54 Å². The van der Waals surface area contributed by atoms with Crippen LogP contribution in [-0.2, 0) is 16.8 Å². The van der Waals surface area contributed by atoms with Crippen molar-refractivity contribution in [3.05, 3.63) is 138 Å². The summed E-state index contributed by atoms with van der Waals surface area (Å²) in [5.74, 6) is -1.32. The van der Waals surface area contributed by atoms with Gasteiger partial charge < -0.3 is 19.6 Å². The highest BCUT2D eigenvalue weighted by molar-refractivity contribution is 5.70. The molecule has 0 bridgehead atoms. The lowest BCUT2D eigenvalue weighted by Gasteiger charge is -2.37. The summed E-state index contributed by atoms with van der Waals surface area (Å²) >= 11 is 0. The number of aromatic nitrogens is 3. The van der Waals surface area contributed by atoms with Gasteiger partial charge in [0, 0.05) is 24.8 Å². The second-order valence-electron chi connectivity index (χ2n) is 8.39. The zero-order chi connectivity index (χ0) is 25.0. The third-order valence-corrected chi connectivity index (χ3v) is 6.17. The first-order chi connectivity index (χ1) is 17.6. The predicted molar refractivity (Wildman–Crippen MR) is 135 cm³/mol. The zero-order valence-corrected chi connectivity index (χ0v) is 19.4. The molecular weight excluding hydrogens is 454 g/mol. The van der Waals surface area contributed by atoms with E-state index in [1.165, 1.54) is 12.1 Å². The molecule has 0 saturated carbocycles. The fourth-order valence-electron chi connectivity index (χ4n) is 4.53. The van der Waals surface area contributed by atoms with Crippen molar-refractivity contribution in [2.75, 3.05) is 0 Å². The zero-order valence-electron chi connectivity index (χ0n) is 19.4. The Kier molecular flexibility index (Phi) is 6.28. The van der Waals surface area contributed by atoms with E-state index in [9.17, 15) is 15.0 Å². The highest BCUT2D eigenvalue weighted by atomic mass is 16.7. The first kappa shape index (κ1) is 23.0. The average molecular weight is 480 g/mol. The van der Waals surface area contributed by atoms with Crippen molar-refractivity contribution in [1.29, 1.82) is 0 Å². The van der Waals surface area contributed by atoms with Crippen molar-refractivity contribution in [3.63, 3.8) is 0 Å². The van der Waals surface area contributed by atoms with E-state index in [0.29, 0.717) is 16.8 Å². The molecule has 7 nitrogen and oxygen atoms in total. The Morgan fingerprint density at radius 2 is 1.22 bits per heavy atom. The van der Waals surface area contributed by atoms with E-state index in [0.717, 1.165) is 16.7 Å². The van der Waals surface area contributed by atoms with Crippen molar-refractivity contribution < 1.29 is 19.8 Å². The van der Waals surface area contributed by atoms with E-state index in [1.54, 1.807) is 6.33 Å². The Labute approximate surface area is 208 Å². The molecule has 0 amide bonds. The molecule has 7 heteroatoms. The molecule has 2 heterocycles. The largest absolute Gasteiger partial charge is 0.492 e. The fraction of sp³-hybridized carbons (Fsp3) is 0.103.